The highest BCUT2D eigenvalue weighted by Crippen LogP contribution is 2.31. The van der Waals surface area contributed by atoms with Crippen LogP contribution in [0.5, 0.6) is 5.75 Å². The SMILES string of the molecule is COc1ccn2c(CCCN(C)S(C)(=O)=O)nc(-c3cccs3)c2c1. The van der Waals surface area contributed by atoms with Gasteiger partial charge in [-0.3, -0.25) is 0 Å². The minimum Gasteiger partial charge on any atom is -0.497 e. The minimum absolute atomic E-state index is 0.470. The monoisotopic (exact) mass is 379 g/mol. The van der Waals surface area contributed by atoms with E-state index in [0.717, 1.165) is 27.7 Å². The standard InChI is InChI=1S/C17H21N3O3S2/c1-19(25(3,21)22)9-4-7-16-18-17(15-6-5-11-24-15)14-12-13(23-2)8-10-20(14)16/h5-6,8,10-12H,4,7,9H2,1-3H3. The third-order valence-electron chi connectivity index (χ3n) is 4.12. The number of ether oxygens (including phenoxy) is 1. The largest absolute Gasteiger partial charge is 0.497 e. The van der Waals surface area contributed by atoms with E-state index in [-0.39, 0.29) is 0 Å². The maximum Gasteiger partial charge on any atom is 0.210 e. The normalized spacial score (nSPS) is 12.2. The van der Waals surface area contributed by atoms with Crippen LogP contribution in [0.15, 0.2) is 35.8 Å². The summed E-state index contributed by atoms with van der Waals surface area (Å²) in [6, 6.07) is 7.94. The van der Waals surface area contributed by atoms with Gasteiger partial charge in [-0.25, -0.2) is 17.7 Å². The summed E-state index contributed by atoms with van der Waals surface area (Å²) in [5.74, 6) is 1.71. The second kappa shape index (κ2) is 7.15. The van der Waals surface area contributed by atoms with Crippen molar-refractivity contribution in [2.24, 2.45) is 0 Å². The summed E-state index contributed by atoms with van der Waals surface area (Å²) in [6.07, 6.45) is 4.57. The Morgan fingerprint density at radius 3 is 2.80 bits per heavy atom. The lowest BCUT2D eigenvalue weighted by molar-refractivity contribution is 0.414. The average Bonchev–Trinajstić information content (AvgIpc) is 3.21. The molecule has 3 aromatic rings. The predicted molar refractivity (Wildman–Crippen MR) is 101 cm³/mol. The second-order valence-corrected chi connectivity index (χ2v) is 8.90. The van der Waals surface area contributed by atoms with Gasteiger partial charge in [-0.15, -0.1) is 11.3 Å². The number of aromatic nitrogens is 2. The number of hydrogen-bond donors (Lipinski definition) is 0. The van der Waals surface area contributed by atoms with Gasteiger partial charge < -0.3 is 9.14 Å². The van der Waals surface area contributed by atoms with Crippen LogP contribution in [0.2, 0.25) is 0 Å². The van der Waals surface area contributed by atoms with Gasteiger partial charge in [0.1, 0.15) is 17.3 Å². The van der Waals surface area contributed by atoms with E-state index in [9.17, 15) is 8.42 Å². The topological polar surface area (TPSA) is 63.9 Å². The first-order chi connectivity index (χ1) is 11.9. The molecule has 0 aliphatic carbocycles. The summed E-state index contributed by atoms with van der Waals surface area (Å²) >= 11 is 1.65. The van der Waals surface area contributed by atoms with Crippen molar-refractivity contribution >= 4 is 26.9 Å². The van der Waals surface area contributed by atoms with Crippen molar-refractivity contribution in [2.75, 3.05) is 27.0 Å². The molecule has 0 aliphatic rings. The number of aryl methyl sites for hydroxylation is 1. The molecule has 25 heavy (non-hydrogen) atoms. The van der Waals surface area contributed by atoms with Crippen molar-refractivity contribution in [3.05, 3.63) is 41.7 Å². The number of pyridine rings is 1. The molecule has 3 heterocycles. The number of rotatable bonds is 7. The predicted octanol–water partition coefficient (Wildman–Crippen LogP) is 2.90. The van der Waals surface area contributed by atoms with E-state index in [1.165, 1.54) is 10.6 Å². The third-order valence-corrected chi connectivity index (χ3v) is 6.31. The highest BCUT2D eigenvalue weighted by Gasteiger charge is 2.15. The van der Waals surface area contributed by atoms with Crippen molar-refractivity contribution in [1.82, 2.24) is 13.7 Å². The van der Waals surface area contributed by atoms with Crippen LogP contribution >= 0.6 is 11.3 Å². The van der Waals surface area contributed by atoms with E-state index in [4.69, 9.17) is 9.72 Å². The highest BCUT2D eigenvalue weighted by molar-refractivity contribution is 7.88. The van der Waals surface area contributed by atoms with Gasteiger partial charge in [-0.2, -0.15) is 0 Å². The first-order valence-electron chi connectivity index (χ1n) is 7.90. The molecule has 0 atom stereocenters. The summed E-state index contributed by atoms with van der Waals surface area (Å²) in [7, 11) is 0.0982. The molecular weight excluding hydrogens is 358 g/mol. The Hall–Kier alpha value is -1.90. The molecule has 8 heteroatoms. The second-order valence-electron chi connectivity index (χ2n) is 5.86. The molecule has 6 nitrogen and oxygen atoms in total. The van der Waals surface area contributed by atoms with E-state index in [1.54, 1.807) is 25.5 Å². The maximum absolute atomic E-state index is 11.5. The first kappa shape index (κ1) is 17.9. The Balaban J connectivity index is 1.91. The zero-order valence-corrected chi connectivity index (χ0v) is 16.1. The highest BCUT2D eigenvalue weighted by atomic mass is 32.2. The van der Waals surface area contributed by atoms with Crippen molar-refractivity contribution in [3.8, 4) is 16.3 Å². The molecular formula is C17H21N3O3S2. The number of methoxy groups -OCH3 is 1. The fourth-order valence-corrected chi connectivity index (χ4v) is 3.84. The molecule has 0 saturated heterocycles. The first-order valence-corrected chi connectivity index (χ1v) is 10.6. The van der Waals surface area contributed by atoms with Crippen LogP contribution in [0, 0.1) is 0 Å². The number of imidazole rings is 1. The third kappa shape index (κ3) is 3.86. The van der Waals surface area contributed by atoms with E-state index in [1.807, 2.05) is 35.8 Å². The zero-order valence-electron chi connectivity index (χ0n) is 14.5. The lowest BCUT2D eigenvalue weighted by Crippen LogP contribution is -2.26. The van der Waals surface area contributed by atoms with Crippen molar-refractivity contribution < 1.29 is 13.2 Å². The smallest absolute Gasteiger partial charge is 0.210 e. The van der Waals surface area contributed by atoms with Crippen molar-refractivity contribution in [2.45, 2.75) is 12.8 Å². The van der Waals surface area contributed by atoms with E-state index in [0.29, 0.717) is 19.4 Å². The van der Waals surface area contributed by atoms with Crippen LogP contribution in [-0.2, 0) is 16.4 Å². The molecule has 3 aromatic heterocycles. The Morgan fingerprint density at radius 2 is 2.16 bits per heavy atom. The quantitative estimate of drug-likeness (QED) is 0.633. The fourth-order valence-electron chi connectivity index (χ4n) is 2.65. The van der Waals surface area contributed by atoms with Crippen LogP contribution in [0.1, 0.15) is 12.2 Å². The minimum atomic E-state index is -3.15. The molecule has 0 aliphatic heterocycles. The Bertz CT molecular complexity index is 963. The van der Waals surface area contributed by atoms with Gasteiger partial charge >= 0.3 is 0 Å². The van der Waals surface area contributed by atoms with Crippen LogP contribution in [0.25, 0.3) is 16.1 Å². The summed E-state index contributed by atoms with van der Waals surface area (Å²) in [5, 5.41) is 2.03. The molecule has 0 bridgehead atoms. The van der Waals surface area contributed by atoms with E-state index >= 15 is 0 Å². The Labute approximate surface area is 151 Å². The lowest BCUT2D eigenvalue weighted by Gasteiger charge is -2.13. The molecule has 0 saturated carbocycles. The number of fused-ring (bicyclic) bond motifs is 1. The van der Waals surface area contributed by atoms with E-state index < -0.39 is 10.0 Å². The summed E-state index contributed by atoms with van der Waals surface area (Å²) < 4.78 is 31.8. The number of thiophene rings is 1. The van der Waals surface area contributed by atoms with Gasteiger partial charge in [-0.1, -0.05) is 6.07 Å². The molecule has 0 radical (unpaired) electrons. The van der Waals surface area contributed by atoms with Gasteiger partial charge in [0.15, 0.2) is 0 Å². The molecule has 0 aromatic carbocycles. The Kier molecular flexibility index (Phi) is 5.12. The molecule has 0 fully saturated rings. The van der Waals surface area contributed by atoms with Gasteiger partial charge in [0.25, 0.3) is 0 Å². The number of nitrogens with zero attached hydrogens (tertiary/aromatic N) is 3. The Morgan fingerprint density at radius 1 is 1.36 bits per heavy atom. The fraction of sp³-hybridized carbons (Fsp3) is 0.353. The summed E-state index contributed by atoms with van der Waals surface area (Å²) in [5.41, 5.74) is 1.92. The van der Waals surface area contributed by atoms with Crippen LogP contribution in [0.3, 0.4) is 0 Å². The lowest BCUT2D eigenvalue weighted by atomic mass is 10.3. The van der Waals surface area contributed by atoms with Gasteiger partial charge in [-0.05, 0) is 23.9 Å². The van der Waals surface area contributed by atoms with Crippen molar-refractivity contribution in [1.29, 1.82) is 0 Å². The molecule has 3 rings (SSSR count). The van der Waals surface area contributed by atoms with Crippen LogP contribution < -0.4 is 4.74 Å². The molecule has 0 N–H and O–H groups in total. The van der Waals surface area contributed by atoms with Gasteiger partial charge in [0.2, 0.25) is 10.0 Å². The van der Waals surface area contributed by atoms with Crippen LogP contribution in [0.4, 0.5) is 0 Å². The summed E-state index contributed by atoms with van der Waals surface area (Å²) in [6.45, 7) is 0.470. The molecule has 0 unspecified atom stereocenters. The molecule has 0 amide bonds. The summed E-state index contributed by atoms with van der Waals surface area (Å²) in [4.78, 5) is 5.92. The molecule has 134 valence electrons. The maximum atomic E-state index is 11.5. The van der Waals surface area contributed by atoms with Crippen molar-refractivity contribution in [3.63, 3.8) is 0 Å². The zero-order chi connectivity index (χ0) is 18.0. The van der Waals surface area contributed by atoms with Gasteiger partial charge in [0.05, 0.1) is 23.8 Å². The van der Waals surface area contributed by atoms with E-state index in [2.05, 4.69) is 4.40 Å². The molecule has 0 spiro atoms. The number of hydrogen-bond acceptors (Lipinski definition) is 5. The number of sulfonamides is 1. The average molecular weight is 380 g/mol. The van der Waals surface area contributed by atoms with Crippen LogP contribution in [-0.4, -0.2) is 49.1 Å². The van der Waals surface area contributed by atoms with Gasteiger partial charge in [0, 0.05) is 32.3 Å².